The first-order chi connectivity index (χ1) is 16.9. The van der Waals surface area contributed by atoms with E-state index in [4.69, 9.17) is 33.3 Å². The van der Waals surface area contributed by atoms with Crippen molar-refractivity contribution in [2.45, 2.75) is 0 Å². The Morgan fingerprint density at radius 2 is 1.80 bits per heavy atom. The standard InChI is InChI=1S/C23H26ClN5O5S/c1-33-21-5-2-16(14-18(21)24)22(30)25-23(35)28-8-6-26(7-9-28)17-3-4-19(29(31)32)20(15-17)27-10-12-34-13-11-27/h2-5,14-15H,6-13H2,1H3,(H,25,30,35). The molecule has 2 aromatic rings. The molecule has 10 nitrogen and oxygen atoms in total. The van der Waals surface area contributed by atoms with E-state index in [1.54, 1.807) is 24.3 Å². The van der Waals surface area contributed by atoms with Gasteiger partial charge in [-0.1, -0.05) is 11.6 Å². The van der Waals surface area contributed by atoms with Crippen molar-refractivity contribution >= 4 is 51.9 Å². The molecule has 0 aromatic heterocycles. The number of halogens is 1. The minimum absolute atomic E-state index is 0.0943. The number of morpholine rings is 1. The van der Waals surface area contributed by atoms with Crippen LogP contribution in [0.1, 0.15) is 10.4 Å². The first-order valence-electron chi connectivity index (χ1n) is 11.2. The fraction of sp³-hybridized carbons (Fsp3) is 0.391. The number of carbonyl (C=O) groups excluding carboxylic acids is 1. The number of hydrogen-bond acceptors (Lipinski definition) is 8. The van der Waals surface area contributed by atoms with Gasteiger partial charge in [0.1, 0.15) is 11.4 Å². The summed E-state index contributed by atoms with van der Waals surface area (Å²) in [5, 5.41) is 15.0. The molecule has 0 atom stereocenters. The Balaban J connectivity index is 1.38. The molecule has 2 heterocycles. The zero-order valence-electron chi connectivity index (χ0n) is 19.2. The summed E-state index contributed by atoms with van der Waals surface area (Å²) in [6.07, 6.45) is 0. The molecule has 12 heteroatoms. The predicted octanol–water partition coefficient (Wildman–Crippen LogP) is 2.93. The third-order valence-corrected chi connectivity index (χ3v) is 6.73. The van der Waals surface area contributed by atoms with Gasteiger partial charge < -0.3 is 24.2 Å². The summed E-state index contributed by atoms with van der Waals surface area (Å²) < 4.78 is 10.5. The minimum atomic E-state index is -0.344. The van der Waals surface area contributed by atoms with E-state index < -0.39 is 0 Å². The van der Waals surface area contributed by atoms with Crippen LogP contribution >= 0.6 is 23.8 Å². The molecular weight excluding hydrogens is 494 g/mol. The van der Waals surface area contributed by atoms with E-state index in [1.807, 2.05) is 15.9 Å². The molecule has 2 aliphatic rings. The first kappa shape index (κ1) is 25.0. The highest BCUT2D eigenvalue weighted by Gasteiger charge is 2.25. The van der Waals surface area contributed by atoms with E-state index in [2.05, 4.69) is 10.2 Å². The number of nitrogens with one attached hydrogen (secondary N) is 1. The molecule has 2 aliphatic heterocycles. The van der Waals surface area contributed by atoms with Crippen LogP contribution in [0.4, 0.5) is 17.1 Å². The van der Waals surface area contributed by atoms with Gasteiger partial charge in [-0.15, -0.1) is 0 Å². The summed E-state index contributed by atoms with van der Waals surface area (Å²) in [7, 11) is 1.51. The van der Waals surface area contributed by atoms with Crippen molar-refractivity contribution in [1.82, 2.24) is 10.2 Å². The van der Waals surface area contributed by atoms with E-state index in [0.29, 0.717) is 79.6 Å². The number of piperazine rings is 1. The number of methoxy groups -OCH3 is 1. The summed E-state index contributed by atoms with van der Waals surface area (Å²) in [6.45, 7) is 4.85. The zero-order chi connectivity index (χ0) is 24.9. The van der Waals surface area contributed by atoms with Crippen LogP contribution in [0.2, 0.25) is 5.02 Å². The van der Waals surface area contributed by atoms with Crippen molar-refractivity contribution in [2.24, 2.45) is 0 Å². The number of anilines is 2. The lowest BCUT2D eigenvalue weighted by Crippen LogP contribution is -2.52. The molecule has 186 valence electrons. The number of amides is 1. The van der Waals surface area contributed by atoms with Gasteiger partial charge in [-0.05, 0) is 42.5 Å². The van der Waals surface area contributed by atoms with Crippen molar-refractivity contribution in [3.05, 3.63) is 57.1 Å². The summed E-state index contributed by atoms with van der Waals surface area (Å²) in [6, 6.07) is 10.0. The molecule has 0 bridgehead atoms. The van der Waals surface area contributed by atoms with E-state index in [1.165, 1.54) is 13.2 Å². The van der Waals surface area contributed by atoms with Crippen molar-refractivity contribution in [3.8, 4) is 5.75 Å². The van der Waals surface area contributed by atoms with Gasteiger partial charge in [0.2, 0.25) is 0 Å². The van der Waals surface area contributed by atoms with Gasteiger partial charge in [0.15, 0.2) is 5.11 Å². The van der Waals surface area contributed by atoms with Gasteiger partial charge in [0.25, 0.3) is 11.6 Å². The molecule has 0 aliphatic carbocycles. The Labute approximate surface area is 213 Å². The van der Waals surface area contributed by atoms with Gasteiger partial charge in [-0.25, -0.2) is 0 Å². The van der Waals surface area contributed by atoms with E-state index >= 15 is 0 Å². The Hall–Kier alpha value is -3.15. The number of rotatable bonds is 5. The van der Waals surface area contributed by atoms with Crippen LogP contribution in [-0.2, 0) is 4.74 Å². The highest BCUT2D eigenvalue weighted by Crippen LogP contribution is 2.33. The summed E-state index contributed by atoms with van der Waals surface area (Å²) in [4.78, 5) is 29.9. The molecule has 4 rings (SSSR count). The van der Waals surface area contributed by atoms with E-state index in [9.17, 15) is 14.9 Å². The lowest BCUT2D eigenvalue weighted by molar-refractivity contribution is -0.384. The van der Waals surface area contributed by atoms with Crippen molar-refractivity contribution in [2.75, 3.05) is 69.4 Å². The second kappa shape index (κ2) is 11.1. The largest absolute Gasteiger partial charge is 0.495 e. The smallest absolute Gasteiger partial charge is 0.292 e. The topological polar surface area (TPSA) is 100 Å². The number of nitro groups is 1. The maximum atomic E-state index is 12.6. The fourth-order valence-corrected chi connectivity index (χ4v) is 4.68. The average molecular weight is 520 g/mol. The van der Waals surface area contributed by atoms with Crippen LogP contribution in [0.15, 0.2) is 36.4 Å². The van der Waals surface area contributed by atoms with Crippen LogP contribution < -0.4 is 19.9 Å². The average Bonchev–Trinajstić information content (AvgIpc) is 2.88. The summed E-state index contributed by atoms with van der Waals surface area (Å²) in [5.74, 6) is 0.150. The second-order valence-corrected chi connectivity index (χ2v) is 8.91. The monoisotopic (exact) mass is 519 g/mol. The summed E-state index contributed by atoms with van der Waals surface area (Å²) >= 11 is 11.6. The van der Waals surface area contributed by atoms with Gasteiger partial charge in [0, 0.05) is 56.6 Å². The first-order valence-corrected chi connectivity index (χ1v) is 12.0. The van der Waals surface area contributed by atoms with Crippen LogP contribution in [-0.4, -0.2) is 80.4 Å². The van der Waals surface area contributed by atoms with Crippen LogP contribution in [0.3, 0.4) is 0 Å². The third-order valence-electron chi connectivity index (χ3n) is 6.07. The molecule has 2 fully saturated rings. The van der Waals surface area contributed by atoms with Gasteiger partial charge in [0.05, 0.1) is 30.3 Å². The lowest BCUT2D eigenvalue weighted by atomic mass is 10.1. The van der Waals surface area contributed by atoms with Crippen LogP contribution in [0, 0.1) is 10.1 Å². The number of ether oxygens (including phenoxy) is 2. The van der Waals surface area contributed by atoms with E-state index in [-0.39, 0.29) is 16.5 Å². The fourth-order valence-electron chi connectivity index (χ4n) is 4.14. The van der Waals surface area contributed by atoms with Gasteiger partial charge in [-0.2, -0.15) is 0 Å². The Bertz CT molecular complexity index is 1120. The maximum Gasteiger partial charge on any atom is 0.292 e. The maximum absolute atomic E-state index is 12.6. The normalized spacial score (nSPS) is 16.1. The van der Waals surface area contributed by atoms with Crippen molar-refractivity contribution in [3.63, 3.8) is 0 Å². The third kappa shape index (κ3) is 5.75. The van der Waals surface area contributed by atoms with Crippen molar-refractivity contribution < 1.29 is 19.2 Å². The Kier molecular flexibility index (Phi) is 7.89. The van der Waals surface area contributed by atoms with Gasteiger partial charge in [-0.3, -0.25) is 20.2 Å². The Morgan fingerprint density at radius 1 is 1.09 bits per heavy atom. The number of carbonyl (C=O) groups is 1. The lowest BCUT2D eigenvalue weighted by Gasteiger charge is -2.37. The highest BCUT2D eigenvalue weighted by atomic mass is 35.5. The van der Waals surface area contributed by atoms with Crippen LogP contribution in [0.25, 0.3) is 0 Å². The molecule has 35 heavy (non-hydrogen) atoms. The number of thiocarbonyl (C=S) groups is 1. The zero-order valence-corrected chi connectivity index (χ0v) is 20.8. The number of hydrogen-bond donors (Lipinski definition) is 1. The molecule has 0 saturated carbocycles. The van der Waals surface area contributed by atoms with Crippen LogP contribution in [0.5, 0.6) is 5.75 Å². The Morgan fingerprint density at radius 3 is 2.43 bits per heavy atom. The van der Waals surface area contributed by atoms with Crippen molar-refractivity contribution in [1.29, 1.82) is 0 Å². The number of nitrogens with zero attached hydrogens (tertiary/aromatic N) is 4. The summed E-state index contributed by atoms with van der Waals surface area (Å²) in [5.41, 5.74) is 2.01. The molecule has 2 saturated heterocycles. The molecule has 1 N–H and O–H groups in total. The van der Waals surface area contributed by atoms with E-state index in [0.717, 1.165) is 5.69 Å². The molecule has 0 spiro atoms. The minimum Gasteiger partial charge on any atom is -0.495 e. The number of benzene rings is 2. The highest BCUT2D eigenvalue weighted by molar-refractivity contribution is 7.80. The number of nitro benzene ring substituents is 1. The molecule has 2 aromatic carbocycles. The molecular formula is C23H26ClN5O5S. The second-order valence-electron chi connectivity index (χ2n) is 8.11. The quantitative estimate of drug-likeness (QED) is 0.363. The SMILES string of the molecule is COc1ccc(C(=O)NC(=S)N2CCN(c3ccc([N+](=O)[O-])c(N4CCOCC4)c3)CC2)cc1Cl. The molecule has 1 amide bonds. The molecule has 0 radical (unpaired) electrons. The molecule has 0 unspecified atom stereocenters. The predicted molar refractivity (Wildman–Crippen MR) is 138 cm³/mol. The van der Waals surface area contributed by atoms with Gasteiger partial charge >= 0.3 is 0 Å².